The first-order chi connectivity index (χ1) is 10.9. The minimum atomic E-state index is -1.26. The van der Waals surface area contributed by atoms with Gasteiger partial charge in [0.15, 0.2) is 0 Å². The van der Waals surface area contributed by atoms with Gasteiger partial charge in [0.05, 0.1) is 12.6 Å². The molecule has 0 radical (unpaired) electrons. The van der Waals surface area contributed by atoms with Crippen molar-refractivity contribution in [1.29, 1.82) is 0 Å². The van der Waals surface area contributed by atoms with E-state index in [4.69, 9.17) is 5.11 Å². The molecule has 1 aliphatic heterocycles. The molecule has 0 aromatic carbocycles. The molecule has 0 aromatic rings. The number of aliphatic hydroxyl groups is 1. The maximum absolute atomic E-state index is 12.3. The van der Waals surface area contributed by atoms with Gasteiger partial charge in [-0.15, -0.1) is 0 Å². The average Bonchev–Trinajstić information content (AvgIpc) is 2.90. The zero-order chi connectivity index (χ0) is 17.4. The van der Waals surface area contributed by atoms with Crippen LogP contribution in [0.15, 0.2) is 0 Å². The number of carboxylic acid groups (broad SMARTS) is 1. The van der Waals surface area contributed by atoms with E-state index in [1.165, 1.54) is 0 Å². The van der Waals surface area contributed by atoms with Crippen LogP contribution in [-0.4, -0.2) is 53.4 Å². The molecule has 0 aromatic heterocycles. The van der Waals surface area contributed by atoms with Crippen molar-refractivity contribution in [3.63, 3.8) is 0 Å². The van der Waals surface area contributed by atoms with Gasteiger partial charge in [-0.1, -0.05) is 20.3 Å². The van der Waals surface area contributed by atoms with E-state index in [2.05, 4.69) is 16.0 Å². The van der Waals surface area contributed by atoms with Gasteiger partial charge in [0.25, 0.3) is 0 Å². The Morgan fingerprint density at radius 3 is 2.57 bits per heavy atom. The molecule has 1 saturated heterocycles. The van der Waals surface area contributed by atoms with Gasteiger partial charge in [-0.25, -0.2) is 4.79 Å². The van der Waals surface area contributed by atoms with Gasteiger partial charge < -0.3 is 26.2 Å². The second kappa shape index (κ2) is 9.34. The molecule has 1 unspecified atom stereocenters. The van der Waals surface area contributed by atoms with Crippen molar-refractivity contribution in [2.24, 2.45) is 11.8 Å². The van der Waals surface area contributed by atoms with Gasteiger partial charge in [0, 0.05) is 12.5 Å². The van der Waals surface area contributed by atoms with Crippen molar-refractivity contribution < 1.29 is 24.6 Å². The molecule has 132 valence electrons. The summed E-state index contributed by atoms with van der Waals surface area (Å²) in [7, 11) is 0. The molecule has 3 amide bonds. The molecule has 5 N–H and O–H groups in total. The third kappa shape index (κ3) is 6.43. The number of rotatable bonds is 9. The number of aliphatic hydroxyl groups excluding tert-OH is 1. The fourth-order valence-corrected chi connectivity index (χ4v) is 2.64. The van der Waals surface area contributed by atoms with E-state index in [-0.39, 0.29) is 24.3 Å². The lowest BCUT2D eigenvalue weighted by atomic mass is 9.96. The number of hydrogen-bond donors (Lipinski definition) is 5. The Hall–Kier alpha value is -1.83. The lowest BCUT2D eigenvalue weighted by Crippen LogP contribution is -2.51. The van der Waals surface area contributed by atoms with Crippen LogP contribution in [0.5, 0.6) is 0 Å². The number of carbonyl (C=O) groups is 3. The van der Waals surface area contributed by atoms with Crippen LogP contribution < -0.4 is 16.0 Å². The van der Waals surface area contributed by atoms with Crippen LogP contribution in [-0.2, 0) is 9.59 Å². The van der Waals surface area contributed by atoms with Crippen LogP contribution in [0.3, 0.4) is 0 Å². The first-order valence-electron chi connectivity index (χ1n) is 8.05. The average molecular weight is 329 g/mol. The summed E-state index contributed by atoms with van der Waals surface area (Å²) in [5, 5.41) is 25.9. The number of nitrogens with one attached hydrogen (secondary N) is 3. The summed E-state index contributed by atoms with van der Waals surface area (Å²) in [6.45, 7) is 4.22. The molecule has 8 nitrogen and oxygen atoms in total. The van der Waals surface area contributed by atoms with Crippen LogP contribution in [0.4, 0.5) is 4.79 Å². The molecular formula is C15H27N3O5. The maximum Gasteiger partial charge on any atom is 0.405 e. The molecule has 8 heteroatoms. The van der Waals surface area contributed by atoms with E-state index in [9.17, 15) is 19.5 Å². The molecule has 1 rings (SSSR count). The Balaban J connectivity index is 2.62. The molecule has 1 aliphatic rings. The Morgan fingerprint density at radius 1 is 1.39 bits per heavy atom. The molecule has 4 atom stereocenters. The number of carbonyl (C=O) groups excluding carboxylic acids is 2. The molecule has 0 saturated carbocycles. The van der Waals surface area contributed by atoms with Crippen LogP contribution >= 0.6 is 0 Å². The molecular weight excluding hydrogens is 302 g/mol. The molecule has 0 aliphatic carbocycles. The fraction of sp³-hybridized carbons (Fsp3) is 0.800. The summed E-state index contributed by atoms with van der Waals surface area (Å²) in [5.41, 5.74) is 0. The largest absolute Gasteiger partial charge is 0.465 e. The van der Waals surface area contributed by atoms with Crippen LogP contribution in [0, 0.1) is 11.8 Å². The Kier molecular flexibility index (Phi) is 7.80. The van der Waals surface area contributed by atoms with Crippen LogP contribution in [0.25, 0.3) is 0 Å². The normalized spacial score (nSPS) is 21.2. The molecule has 1 fully saturated rings. The van der Waals surface area contributed by atoms with E-state index in [0.717, 1.165) is 6.42 Å². The minimum Gasteiger partial charge on any atom is -0.465 e. The van der Waals surface area contributed by atoms with E-state index in [1.807, 2.05) is 13.8 Å². The highest BCUT2D eigenvalue weighted by molar-refractivity contribution is 5.85. The lowest BCUT2D eigenvalue weighted by Gasteiger charge is -2.24. The summed E-state index contributed by atoms with van der Waals surface area (Å²) in [6.07, 6.45) is 0.976. The third-order valence-corrected chi connectivity index (χ3v) is 4.25. The highest BCUT2D eigenvalue weighted by Crippen LogP contribution is 2.16. The number of hydrogen-bond acceptors (Lipinski definition) is 4. The summed E-state index contributed by atoms with van der Waals surface area (Å²) in [5.74, 6) is -0.582. The van der Waals surface area contributed by atoms with Crippen molar-refractivity contribution >= 4 is 17.9 Å². The first kappa shape index (κ1) is 19.2. The first-order valence-corrected chi connectivity index (χ1v) is 8.05. The molecule has 23 heavy (non-hydrogen) atoms. The zero-order valence-corrected chi connectivity index (χ0v) is 13.7. The predicted octanol–water partition coefficient (Wildman–Crippen LogP) is 0.0621. The van der Waals surface area contributed by atoms with Gasteiger partial charge in [-0.2, -0.15) is 0 Å². The van der Waals surface area contributed by atoms with Crippen molar-refractivity contribution in [1.82, 2.24) is 16.0 Å². The second-order valence-corrected chi connectivity index (χ2v) is 6.15. The monoisotopic (exact) mass is 329 g/mol. The van der Waals surface area contributed by atoms with Gasteiger partial charge in [0.2, 0.25) is 11.8 Å². The summed E-state index contributed by atoms with van der Waals surface area (Å²) >= 11 is 0. The van der Waals surface area contributed by atoms with E-state index in [1.54, 1.807) is 0 Å². The Labute approximate surface area is 136 Å². The highest BCUT2D eigenvalue weighted by atomic mass is 16.4. The van der Waals surface area contributed by atoms with E-state index < -0.39 is 24.1 Å². The predicted molar refractivity (Wildman–Crippen MR) is 83.8 cm³/mol. The standard InChI is InChI=1S/C15H27N3O5/c1-3-9(2)6-12(18-15(22)23)14(21)17-11(8-19)7-10-4-5-16-13(10)20/h9-12,18-19H,3-8H2,1-2H3,(H,16,20)(H,17,21)(H,22,23)/t9?,10-,11-,12-/m0/s1. The van der Waals surface area contributed by atoms with Crippen LogP contribution in [0.2, 0.25) is 0 Å². The smallest absolute Gasteiger partial charge is 0.405 e. The quantitative estimate of drug-likeness (QED) is 0.409. The highest BCUT2D eigenvalue weighted by Gasteiger charge is 2.29. The SMILES string of the molecule is CCC(C)C[C@H](NC(=O)O)C(=O)N[C@H](CO)C[C@@H]1CCNC1=O. The van der Waals surface area contributed by atoms with Gasteiger partial charge in [0.1, 0.15) is 6.04 Å². The van der Waals surface area contributed by atoms with Gasteiger partial charge in [-0.05, 0) is 25.2 Å². The molecule has 0 spiro atoms. The summed E-state index contributed by atoms with van der Waals surface area (Å²) in [6, 6.07) is -1.43. The topological polar surface area (TPSA) is 128 Å². The van der Waals surface area contributed by atoms with E-state index >= 15 is 0 Å². The zero-order valence-electron chi connectivity index (χ0n) is 13.7. The lowest BCUT2D eigenvalue weighted by molar-refractivity contribution is -0.126. The van der Waals surface area contributed by atoms with Crippen molar-refractivity contribution in [2.75, 3.05) is 13.2 Å². The van der Waals surface area contributed by atoms with E-state index in [0.29, 0.717) is 25.8 Å². The molecule has 0 bridgehead atoms. The van der Waals surface area contributed by atoms with Crippen molar-refractivity contribution in [3.8, 4) is 0 Å². The Morgan fingerprint density at radius 2 is 2.09 bits per heavy atom. The second-order valence-electron chi connectivity index (χ2n) is 6.15. The fourth-order valence-electron chi connectivity index (χ4n) is 2.64. The molecule has 1 heterocycles. The minimum absolute atomic E-state index is 0.0717. The number of amides is 3. The third-order valence-electron chi connectivity index (χ3n) is 4.25. The van der Waals surface area contributed by atoms with Crippen LogP contribution in [0.1, 0.15) is 39.5 Å². The van der Waals surface area contributed by atoms with Gasteiger partial charge >= 0.3 is 6.09 Å². The summed E-state index contributed by atoms with van der Waals surface area (Å²) < 4.78 is 0. The van der Waals surface area contributed by atoms with Gasteiger partial charge in [-0.3, -0.25) is 9.59 Å². The van der Waals surface area contributed by atoms with Crippen molar-refractivity contribution in [3.05, 3.63) is 0 Å². The summed E-state index contributed by atoms with van der Waals surface area (Å²) in [4.78, 5) is 34.8. The maximum atomic E-state index is 12.3. The van der Waals surface area contributed by atoms with Crippen molar-refractivity contribution in [2.45, 2.75) is 51.6 Å². The Bertz CT molecular complexity index is 429.